The van der Waals surface area contributed by atoms with E-state index in [1.54, 1.807) is 23.0 Å². The quantitative estimate of drug-likeness (QED) is 0.711. The van der Waals surface area contributed by atoms with Gasteiger partial charge < -0.3 is 4.74 Å². The van der Waals surface area contributed by atoms with Crippen molar-refractivity contribution in [3.05, 3.63) is 46.5 Å². The van der Waals surface area contributed by atoms with Gasteiger partial charge in [-0.1, -0.05) is 6.07 Å². The summed E-state index contributed by atoms with van der Waals surface area (Å²) in [4.78, 5) is 5.74. The summed E-state index contributed by atoms with van der Waals surface area (Å²) < 4.78 is 6.90. The van der Waals surface area contributed by atoms with E-state index in [1.807, 2.05) is 24.4 Å². The van der Waals surface area contributed by atoms with Crippen LogP contribution in [0.3, 0.4) is 0 Å². The van der Waals surface area contributed by atoms with Crippen molar-refractivity contribution < 1.29 is 4.74 Å². The van der Waals surface area contributed by atoms with E-state index in [0.29, 0.717) is 0 Å². The van der Waals surface area contributed by atoms with E-state index in [1.165, 1.54) is 4.88 Å². The number of rotatable bonds is 3. The number of ether oxygens (including phenoxy) is 1. The molecule has 4 nitrogen and oxygen atoms in total. The van der Waals surface area contributed by atoms with Gasteiger partial charge in [-0.15, -0.1) is 11.3 Å². The topological polar surface area (TPSA) is 39.4 Å². The number of pyridine rings is 1. The first kappa shape index (κ1) is 10.3. The second-order valence-electron chi connectivity index (χ2n) is 3.66. The number of hydrogen-bond donors (Lipinski definition) is 0. The number of hydrogen-bond acceptors (Lipinski definition) is 4. The molecule has 0 aliphatic rings. The molecule has 0 aliphatic carbocycles. The predicted octanol–water partition coefficient (Wildman–Crippen LogP) is 2.39. The average molecular weight is 245 g/mol. The Balaban J connectivity index is 1.96. The highest BCUT2D eigenvalue weighted by molar-refractivity contribution is 7.09. The third-order valence-electron chi connectivity index (χ3n) is 2.50. The minimum Gasteiger partial charge on any atom is -0.495 e. The van der Waals surface area contributed by atoms with E-state index >= 15 is 0 Å². The first-order valence-electron chi connectivity index (χ1n) is 5.27. The van der Waals surface area contributed by atoms with Crippen LogP contribution in [0.5, 0.6) is 5.75 Å². The molecule has 3 rings (SSSR count). The van der Waals surface area contributed by atoms with E-state index in [9.17, 15) is 0 Å². The lowest BCUT2D eigenvalue weighted by molar-refractivity contribution is 0.411. The van der Waals surface area contributed by atoms with Crippen molar-refractivity contribution in [1.82, 2.24) is 14.6 Å². The Hall–Kier alpha value is -1.88. The molecule has 0 amide bonds. The number of fused-ring (bicyclic) bond motifs is 1. The number of thiophene rings is 1. The molecule has 5 heteroatoms. The van der Waals surface area contributed by atoms with Crippen LogP contribution in [0.25, 0.3) is 5.65 Å². The minimum atomic E-state index is 0.779. The number of aromatic nitrogens is 3. The van der Waals surface area contributed by atoms with Crippen molar-refractivity contribution in [3.63, 3.8) is 0 Å². The fraction of sp³-hybridized carbons (Fsp3) is 0.167. The highest BCUT2D eigenvalue weighted by Crippen LogP contribution is 2.15. The van der Waals surface area contributed by atoms with Crippen LogP contribution in [0.2, 0.25) is 0 Å². The van der Waals surface area contributed by atoms with Gasteiger partial charge in [-0.2, -0.15) is 5.10 Å². The average Bonchev–Trinajstić information content (AvgIpc) is 2.96. The van der Waals surface area contributed by atoms with Crippen LogP contribution in [0, 0.1) is 0 Å². The van der Waals surface area contributed by atoms with Crippen molar-refractivity contribution in [2.75, 3.05) is 7.11 Å². The van der Waals surface area contributed by atoms with Gasteiger partial charge in [0.15, 0.2) is 11.5 Å². The molecule has 0 saturated carbocycles. The normalized spacial score (nSPS) is 10.9. The van der Waals surface area contributed by atoms with Gasteiger partial charge in [0.25, 0.3) is 0 Å². The zero-order valence-corrected chi connectivity index (χ0v) is 10.1. The SMILES string of the molecule is COc1ccc2nc(Cc3cccs3)nn2c1. The first-order valence-corrected chi connectivity index (χ1v) is 6.15. The molecule has 0 bridgehead atoms. The summed E-state index contributed by atoms with van der Waals surface area (Å²) in [6.45, 7) is 0. The van der Waals surface area contributed by atoms with Crippen molar-refractivity contribution in [1.29, 1.82) is 0 Å². The largest absolute Gasteiger partial charge is 0.495 e. The van der Waals surface area contributed by atoms with E-state index in [2.05, 4.69) is 21.5 Å². The van der Waals surface area contributed by atoms with Crippen LogP contribution in [-0.4, -0.2) is 21.7 Å². The molecular formula is C12H11N3OS. The van der Waals surface area contributed by atoms with Gasteiger partial charge in [-0.3, -0.25) is 0 Å². The van der Waals surface area contributed by atoms with E-state index < -0.39 is 0 Å². The van der Waals surface area contributed by atoms with Crippen LogP contribution >= 0.6 is 11.3 Å². The van der Waals surface area contributed by atoms with Gasteiger partial charge in [0.05, 0.1) is 13.3 Å². The molecule has 0 aliphatic heterocycles. The third kappa shape index (κ3) is 2.01. The summed E-state index contributed by atoms with van der Waals surface area (Å²) in [5.41, 5.74) is 0.845. The maximum Gasteiger partial charge on any atom is 0.156 e. The molecule has 17 heavy (non-hydrogen) atoms. The second kappa shape index (κ2) is 4.18. The van der Waals surface area contributed by atoms with Crippen LogP contribution in [0.15, 0.2) is 35.8 Å². The summed E-state index contributed by atoms with van der Waals surface area (Å²) in [6, 6.07) is 7.93. The first-order chi connectivity index (χ1) is 8.35. The van der Waals surface area contributed by atoms with Crippen LogP contribution in [0.4, 0.5) is 0 Å². The lowest BCUT2D eigenvalue weighted by Gasteiger charge is -1.97. The monoisotopic (exact) mass is 245 g/mol. The summed E-state index contributed by atoms with van der Waals surface area (Å²) in [7, 11) is 1.64. The summed E-state index contributed by atoms with van der Waals surface area (Å²) in [6.07, 6.45) is 2.61. The van der Waals surface area contributed by atoms with E-state index in [0.717, 1.165) is 23.6 Å². The third-order valence-corrected chi connectivity index (χ3v) is 3.37. The molecule has 0 fully saturated rings. The van der Waals surface area contributed by atoms with Crippen molar-refractivity contribution >= 4 is 17.0 Å². The number of methoxy groups -OCH3 is 1. The Morgan fingerprint density at radius 1 is 1.35 bits per heavy atom. The molecule has 0 atom stereocenters. The molecule has 3 heterocycles. The Labute approximate surface area is 102 Å². The maximum absolute atomic E-state index is 5.15. The van der Waals surface area contributed by atoms with E-state index in [-0.39, 0.29) is 0 Å². The van der Waals surface area contributed by atoms with Crippen molar-refractivity contribution in [3.8, 4) is 5.75 Å². The van der Waals surface area contributed by atoms with Gasteiger partial charge in [0.2, 0.25) is 0 Å². The Kier molecular flexibility index (Phi) is 2.53. The van der Waals surface area contributed by atoms with Gasteiger partial charge in [-0.25, -0.2) is 9.50 Å². The van der Waals surface area contributed by atoms with Crippen molar-refractivity contribution in [2.45, 2.75) is 6.42 Å². The van der Waals surface area contributed by atoms with Gasteiger partial charge >= 0.3 is 0 Å². The number of nitrogens with zero attached hydrogens (tertiary/aromatic N) is 3. The van der Waals surface area contributed by atoms with Crippen LogP contribution in [0.1, 0.15) is 10.7 Å². The second-order valence-corrected chi connectivity index (χ2v) is 4.69. The van der Waals surface area contributed by atoms with Crippen LogP contribution < -0.4 is 4.74 Å². The fourth-order valence-corrected chi connectivity index (χ4v) is 2.38. The van der Waals surface area contributed by atoms with E-state index in [4.69, 9.17) is 4.74 Å². The minimum absolute atomic E-state index is 0.779. The molecule has 0 radical (unpaired) electrons. The highest BCUT2D eigenvalue weighted by atomic mass is 32.1. The Morgan fingerprint density at radius 2 is 2.29 bits per heavy atom. The molecule has 0 saturated heterocycles. The predicted molar refractivity (Wildman–Crippen MR) is 66.7 cm³/mol. The molecule has 3 aromatic rings. The zero-order valence-electron chi connectivity index (χ0n) is 9.33. The Bertz CT molecular complexity index is 630. The summed E-state index contributed by atoms with van der Waals surface area (Å²) >= 11 is 1.72. The molecule has 3 aromatic heterocycles. The molecule has 86 valence electrons. The maximum atomic E-state index is 5.15. The Morgan fingerprint density at radius 3 is 3.06 bits per heavy atom. The van der Waals surface area contributed by atoms with Crippen LogP contribution in [-0.2, 0) is 6.42 Å². The molecule has 0 N–H and O–H groups in total. The smallest absolute Gasteiger partial charge is 0.156 e. The standard InChI is InChI=1S/C12H11N3OS/c1-16-9-4-5-12-13-11(14-15(12)8-9)7-10-3-2-6-17-10/h2-6,8H,7H2,1H3. The summed E-state index contributed by atoms with van der Waals surface area (Å²) in [5.74, 6) is 1.62. The van der Waals surface area contributed by atoms with Gasteiger partial charge in [-0.05, 0) is 23.6 Å². The highest BCUT2D eigenvalue weighted by Gasteiger charge is 2.05. The van der Waals surface area contributed by atoms with Crippen molar-refractivity contribution in [2.24, 2.45) is 0 Å². The molecule has 0 spiro atoms. The lowest BCUT2D eigenvalue weighted by atomic mass is 10.3. The lowest BCUT2D eigenvalue weighted by Crippen LogP contribution is -1.91. The summed E-state index contributed by atoms with van der Waals surface area (Å²) in [5, 5.41) is 6.49. The van der Waals surface area contributed by atoms with Gasteiger partial charge in [0, 0.05) is 11.3 Å². The fourth-order valence-electron chi connectivity index (χ4n) is 1.67. The zero-order chi connectivity index (χ0) is 11.7. The van der Waals surface area contributed by atoms with Gasteiger partial charge in [0.1, 0.15) is 5.75 Å². The molecule has 0 aromatic carbocycles. The molecule has 0 unspecified atom stereocenters. The molecular weight excluding hydrogens is 234 g/mol.